The second-order valence-corrected chi connectivity index (χ2v) is 6.79. The van der Waals surface area contributed by atoms with Gasteiger partial charge in [0.25, 0.3) is 5.56 Å². The number of aromatic nitrogens is 2. The number of H-pyrrole nitrogens is 1. The Morgan fingerprint density at radius 3 is 2.75 bits per heavy atom. The Bertz CT molecular complexity index is 555. The van der Waals surface area contributed by atoms with E-state index >= 15 is 0 Å². The van der Waals surface area contributed by atoms with Crippen molar-refractivity contribution < 1.29 is 0 Å². The van der Waals surface area contributed by atoms with E-state index in [0.717, 1.165) is 42.5 Å². The van der Waals surface area contributed by atoms with Crippen molar-refractivity contribution in [2.75, 3.05) is 13.1 Å². The summed E-state index contributed by atoms with van der Waals surface area (Å²) in [6.45, 7) is 3.11. The minimum atomic E-state index is 0.123. The molecule has 0 amide bonds. The maximum Gasteiger partial charge on any atom is 0.254 e. The number of aromatic amines is 1. The first kappa shape index (κ1) is 12.6. The van der Waals surface area contributed by atoms with Gasteiger partial charge in [0.15, 0.2) is 0 Å². The Hall–Kier alpha value is -1.16. The van der Waals surface area contributed by atoms with Gasteiger partial charge in [-0.3, -0.25) is 9.69 Å². The zero-order valence-corrected chi connectivity index (χ0v) is 12.0. The molecule has 1 aliphatic heterocycles. The molecule has 2 fully saturated rings. The standard InChI is InChI=1S/C16H23N3O/c20-16-13-7-8-19(9-11-3-1-2-4-11)10-14(13)17-15(18-16)12-5-6-12/h11-12H,1-10H2,(H,17,18,20). The third-order valence-corrected chi connectivity index (χ3v) is 5.13. The third kappa shape index (κ3) is 2.41. The summed E-state index contributed by atoms with van der Waals surface area (Å²) in [6, 6.07) is 0. The molecule has 0 aromatic carbocycles. The summed E-state index contributed by atoms with van der Waals surface area (Å²) >= 11 is 0. The van der Waals surface area contributed by atoms with Crippen molar-refractivity contribution in [3.8, 4) is 0 Å². The lowest BCUT2D eigenvalue weighted by atomic mass is 10.0. The van der Waals surface area contributed by atoms with Crippen molar-refractivity contribution in [1.29, 1.82) is 0 Å². The number of fused-ring (bicyclic) bond motifs is 1. The van der Waals surface area contributed by atoms with Crippen LogP contribution in [0.25, 0.3) is 0 Å². The van der Waals surface area contributed by atoms with Crippen LogP contribution in [-0.2, 0) is 13.0 Å². The third-order valence-electron chi connectivity index (χ3n) is 5.13. The highest BCUT2D eigenvalue weighted by molar-refractivity contribution is 5.22. The second-order valence-electron chi connectivity index (χ2n) is 6.79. The van der Waals surface area contributed by atoms with Crippen LogP contribution in [0, 0.1) is 5.92 Å². The number of nitrogens with one attached hydrogen (secondary N) is 1. The molecule has 3 aliphatic rings. The highest BCUT2D eigenvalue weighted by Gasteiger charge is 2.29. The zero-order chi connectivity index (χ0) is 13.5. The summed E-state index contributed by atoms with van der Waals surface area (Å²) in [5.41, 5.74) is 2.12. The minimum absolute atomic E-state index is 0.123. The summed E-state index contributed by atoms with van der Waals surface area (Å²) in [5.74, 6) is 2.34. The highest BCUT2D eigenvalue weighted by Crippen LogP contribution is 2.38. The van der Waals surface area contributed by atoms with Gasteiger partial charge < -0.3 is 4.98 Å². The molecule has 20 heavy (non-hydrogen) atoms. The van der Waals surface area contributed by atoms with Crippen molar-refractivity contribution >= 4 is 0 Å². The molecule has 108 valence electrons. The molecule has 4 nitrogen and oxygen atoms in total. The van der Waals surface area contributed by atoms with Crippen LogP contribution in [0.2, 0.25) is 0 Å². The van der Waals surface area contributed by atoms with Crippen LogP contribution in [-0.4, -0.2) is 28.0 Å². The predicted molar refractivity (Wildman–Crippen MR) is 77.8 cm³/mol. The van der Waals surface area contributed by atoms with Crippen LogP contribution >= 0.6 is 0 Å². The maximum atomic E-state index is 12.2. The number of hydrogen-bond donors (Lipinski definition) is 1. The van der Waals surface area contributed by atoms with Gasteiger partial charge in [0.2, 0.25) is 0 Å². The minimum Gasteiger partial charge on any atom is -0.310 e. The normalized spacial score (nSPS) is 24.0. The average Bonchev–Trinajstić information content (AvgIpc) is 3.17. The largest absolute Gasteiger partial charge is 0.310 e. The van der Waals surface area contributed by atoms with Gasteiger partial charge >= 0.3 is 0 Å². The van der Waals surface area contributed by atoms with Gasteiger partial charge in [-0.25, -0.2) is 4.98 Å². The van der Waals surface area contributed by atoms with Crippen molar-refractivity contribution in [3.63, 3.8) is 0 Å². The molecule has 4 rings (SSSR count). The first-order valence-corrected chi connectivity index (χ1v) is 8.14. The smallest absolute Gasteiger partial charge is 0.254 e. The van der Waals surface area contributed by atoms with Gasteiger partial charge in [-0.1, -0.05) is 12.8 Å². The van der Waals surface area contributed by atoms with Gasteiger partial charge in [0.1, 0.15) is 5.82 Å². The molecule has 0 radical (unpaired) electrons. The van der Waals surface area contributed by atoms with Crippen molar-refractivity contribution in [2.24, 2.45) is 5.92 Å². The van der Waals surface area contributed by atoms with E-state index in [2.05, 4.69) is 9.88 Å². The van der Waals surface area contributed by atoms with Gasteiger partial charge in [-0.2, -0.15) is 0 Å². The Kier molecular flexibility index (Phi) is 3.14. The van der Waals surface area contributed by atoms with Crippen LogP contribution in [0.1, 0.15) is 61.5 Å². The molecule has 0 saturated heterocycles. The van der Waals surface area contributed by atoms with E-state index in [4.69, 9.17) is 4.98 Å². The van der Waals surface area contributed by atoms with E-state index in [1.54, 1.807) is 0 Å². The van der Waals surface area contributed by atoms with E-state index in [1.165, 1.54) is 45.1 Å². The number of rotatable bonds is 3. The second kappa shape index (κ2) is 4.99. The lowest BCUT2D eigenvalue weighted by Gasteiger charge is -2.29. The molecule has 2 heterocycles. The molecule has 4 heteroatoms. The molecule has 0 atom stereocenters. The van der Waals surface area contributed by atoms with Gasteiger partial charge in [0.05, 0.1) is 5.69 Å². The van der Waals surface area contributed by atoms with E-state index in [-0.39, 0.29) is 5.56 Å². The first-order chi connectivity index (χ1) is 9.79. The molecule has 2 aliphatic carbocycles. The molecule has 0 bridgehead atoms. The Morgan fingerprint density at radius 2 is 2.00 bits per heavy atom. The van der Waals surface area contributed by atoms with E-state index in [1.807, 2.05) is 0 Å². The van der Waals surface area contributed by atoms with Gasteiger partial charge in [0, 0.05) is 31.1 Å². The predicted octanol–water partition coefficient (Wildman–Crippen LogP) is 2.20. The summed E-state index contributed by atoms with van der Waals surface area (Å²) < 4.78 is 0. The van der Waals surface area contributed by atoms with Crippen molar-refractivity contribution in [2.45, 2.75) is 57.4 Å². The number of hydrogen-bond acceptors (Lipinski definition) is 3. The molecular formula is C16H23N3O. The fourth-order valence-corrected chi connectivity index (χ4v) is 3.78. The Morgan fingerprint density at radius 1 is 1.20 bits per heavy atom. The lowest BCUT2D eigenvalue weighted by molar-refractivity contribution is 0.210. The molecule has 0 spiro atoms. The van der Waals surface area contributed by atoms with E-state index < -0.39 is 0 Å². The van der Waals surface area contributed by atoms with Crippen LogP contribution in [0.5, 0.6) is 0 Å². The fourth-order valence-electron chi connectivity index (χ4n) is 3.78. The number of nitrogens with zero attached hydrogens (tertiary/aromatic N) is 2. The zero-order valence-electron chi connectivity index (χ0n) is 12.0. The monoisotopic (exact) mass is 273 g/mol. The molecule has 1 aromatic heterocycles. The summed E-state index contributed by atoms with van der Waals surface area (Å²) in [4.78, 5) is 22.4. The summed E-state index contributed by atoms with van der Waals surface area (Å²) in [7, 11) is 0. The fraction of sp³-hybridized carbons (Fsp3) is 0.750. The van der Waals surface area contributed by atoms with Crippen LogP contribution < -0.4 is 5.56 Å². The van der Waals surface area contributed by atoms with E-state index in [9.17, 15) is 4.79 Å². The maximum absolute atomic E-state index is 12.2. The first-order valence-electron chi connectivity index (χ1n) is 8.14. The van der Waals surface area contributed by atoms with E-state index in [0.29, 0.717) is 5.92 Å². The van der Waals surface area contributed by atoms with Gasteiger partial charge in [-0.05, 0) is 38.0 Å². The topological polar surface area (TPSA) is 49.0 Å². The highest BCUT2D eigenvalue weighted by atomic mass is 16.1. The van der Waals surface area contributed by atoms with Crippen molar-refractivity contribution in [1.82, 2.24) is 14.9 Å². The van der Waals surface area contributed by atoms with Gasteiger partial charge in [-0.15, -0.1) is 0 Å². The molecule has 2 saturated carbocycles. The molecule has 1 aromatic rings. The van der Waals surface area contributed by atoms with Crippen molar-refractivity contribution in [3.05, 3.63) is 27.4 Å². The Labute approximate surface area is 119 Å². The molecule has 0 unspecified atom stereocenters. The SMILES string of the molecule is O=c1[nH]c(C2CC2)nc2c1CCN(CC1CCCC1)C2. The summed E-state index contributed by atoms with van der Waals surface area (Å²) in [6.07, 6.45) is 8.83. The summed E-state index contributed by atoms with van der Waals surface area (Å²) in [5, 5.41) is 0. The molecular weight excluding hydrogens is 250 g/mol. The molecule has 1 N–H and O–H groups in total. The van der Waals surface area contributed by atoms with Crippen LogP contribution in [0.3, 0.4) is 0 Å². The van der Waals surface area contributed by atoms with Crippen LogP contribution in [0.4, 0.5) is 0 Å². The Balaban J connectivity index is 1.53. The quantitative estimate of drug-likeness (QED) is 0.918. The average molecular weight is 273 g/mol. The lowest BCUT2D eigenvalue weighted by Crippen LogP contribution is -2.38. The van der Waals surface area contributed by atoms with Crippen LogP contribution in [0.15, 0.2) is 4.79 Å².